The first-order chi connectivity index (χ1) is 11.7. The van der Waals surface area contributed by atoms with Gasteiger partial charge in [0.2, 0.25) is 5.91 Å². The van der Waals surface area contributed by atoms with E-state index in [0.29, 0.717) is 17.9 Å². The molecule has 4 heteroatoms. The highest BCUT2D eigenvalue weighted by atomic mass is 35.5. The van der Waals surface area contributed by atoms with Crippen molar-refractivity contribution in [2.45, 2.75) is 69.5 Å². The molecule has 130 valence electrons. The summed E-state index contributed by atoms with van der Waals surface area (Å²) in [6.45, 7) is 1.88. The molecule has 2 saturated heterocycles. The Morgan fingerprint density at radius 2 is 2.17 bits per heavy atom. The van der Waals surface area contributed by atoms with Crippen LogP contribution in [0.3, 0.4) is 0 Å². The molecule has 4 rings (SSSR count). The molecule has 24 heavy (non-hydrogen) atoms. The minimum Gasteiger partial charge on any atom is -0.337 e. The van der Waals surface area contributed by atoms with E-state index < -0.39 is 0 Å². The molecule has 1 aromatic rings. The molecule has 2 aliphatic heterocycles. The maximum Gasteiger partial charge on any atom is 0.223 e. The molecule has 0 unspecified atom stereocenters. The van der Waals surface area contributed by atoms with Crippen LogP contribution in [0.15, 0.2) is 24.3 Å². The minimum absolute atomic E-state index is 0.196. The van der Waals surface area contributed by atoms with Gasteiger partial charge in [-0.15, -0.1) is 0 Å². The number of carbonyl (C=O) groups is 1. The van der Waals surface area contributed by atoms with Crippen LogP contribution in [0, 0.1) is 5.92 Å². The van der Waals surface area contributed by atoms with Gasteiger partial charge in [0.15, 0.2) is 0 Å². The van der Waals surface area contributed by atoms with Gasteiger partial charge in [-0.1, -0.05) is 23.7 Å². The van der Waals surface area contributed by atoms with E-state index in [-0.39, 0.29) is 5.54 Å². The molecule has 3 nitrogen and oxygen atoms in total. The SMILES string of the molecule is O=C1CCC[C@H]2C[C@H](NCc3cccc(Cl)c3)CC[C@]23CCCN13. The van der Waals surface area contributed by atoms with Crippen molar-refractivity contribution < 1.29 is 4.79 Å². The summed E-state index contributed by atoms with van der Waals surface area (Å²) >= 11 is 6.08. The molecular formula is C20H27ClN2O. The number of hydrogen-bond donors (Lipinski definition) is 1. The molecule has 1 amide bonds. The lowest BCUT2D eigenvalue weighted by molar-refractivity contribution is -0.137. The number of hydrogen-bond acceptors (Lipinski definition) is 2. The second kappa shape index (κ2) is 6.68. The second-order valence-corrected chi connectivity index (χ2v) is 8.26. The summed E-state index contributed by atoms with van der Waals surface area (Å²) in [5.74, 6) is 1.09. The van der Waals surface area contributed by atoms with E-state index >= 15 is 0 Å². The van der Waals surface area contributed by atoms with Gasteiger partial charge in [0, 0.05) is 36.1 Å². The normalized spacial score (nSPS) is 33.0. The van der Waals surface area contributed by atoms with Crippen molar-refractivity contribution in [2.75, 3.05) is 6.54 Å². The second-order valence-electron chi connectivity index (χ2n) is 7.82. The largest absolute Gasteiger partial charge is 0.337 e. The first-order valence-electron chi connectivity index (χ1n) is 9.46. The van der Waals surface area contributed by atoms with Crippen LogP contribution in [0.2, 0.25) is 5.02 Å². The first-order valence-corrected chi connectivity index (χ1v) is 9.83. The maximum atomic E-state index is 12.5. The summed E-state index contributed by atoms with van der Waals surface area (Å²) in [6, 6.07) is 8.68. The van der Waals surface area contributed by atoms with Gasteiger partial charge in [0.05, 0.1) is 0 Å². The van der Waals surface area contributed by atoms with Crippen LogP contribution >= 0.6 is 11.6 Å². The Kier molecular flexibility index (Phi) is 4.57. The lowest BCUT2D eigenvalue weighted by Crippen LogP contribution is -2.55. The molecule has 3 aliphatic rings. The third-order valence-electron chi connectivity index (χ3n) is 6.51. The van der Waals surface area contributed by atoms with Crippen LogP contribution < -0.4 is 5.32 Å². The quantitative estimate of drug-likeness (QED) is 0.892. The Balaban J connectivity index is 1.42. The minimum atomic E-state index is 0.196. The van der Waals surface area contributed by atoms with E-state index in [1.807, 2.05) is 18.2 Å². The Morgan fingerprint density at radius 3 is 3.04 bits per heavy atom. The maximum absolute atomic E-state index is 12.5. The van der Waals surface area contributed by atoms with E-state index in [1.165, 1.54) is 44.1 Å². The summed E-state index contributed by atoms with van der Waals surface area (Å²) in [5, 5.41) is 4.55. The molecule has 2 heterocycles. The average Bonchev–Trinajstić information content (AvgIpc) is 2.94. The molecule has 3 atom stereocenters. The van der Waals surface area contributed by atoms with Crippen LogP contribution in [-0.4, -0.2) is 28.9 Å². The van der Waals surface area contributed by atoms with Crippen LogP contribution in [0.25, 0.3) is 0 Å². The monoisotopic (exact) mass is 346 g/mol. The van der Waals surface area contributed by atoms with Gasteiger partial charge in [-0.25, -0.2) is 0 Å². The molecule has 1 spiro atoms. The zero-order chi connectivity index (χ0) is 16.6. The van der Waals surface area contributed by atoms with Gasteiger partial charge in [-0.3, -0.25) is 4.79 Å². The molecule has 1 N–H and O–H groups in total. The lowest BCUT2D eigenvalue weighted by Gasteiger charge is -2.48. The van der Waals surface area contributed by atoms with E-state index in [0.717, 1.165) is 31.0 Å². The average molecular weight is 347 g/mol. The lowest BCUT2D eigenvalue weighted by atomic mass is 9.68. The molecule has 3 fully saturated rings. The predicted molar refractivity (Wildman–Crippen MR) is 96.9 cm³/mol. The van der Waals surface area contributed by atoms with Crippen molar-refractivity contribution in [1.82, 2.24) is 10.2 Å². The Hall–Kier alpha value is -1.06. The fraction of sp³-hybridized carbons (Fsp3) is 0.650. The van der Waals surface area contributed by atoms with Crippen LogP contribution in [0.5, 0.6) is 0 Å². The third-order valence-corrected chi connectivity index (χ3v) is 6.75. The molecule has 1 aliphatic carbocycles. The molecule has 1 aromatic carbocycles. The van der Waals surface area contributed by atoms with E-state index in [2.05, 4.69) is 16.3 Å². The number of halogens is 1. The summed E-state index contributed by atoms with van der Waals surface area (Å²) in [4.78, 5) is 14.7. The number of amides is 1. The number of nitrogens with one attached hydrogen (secondary N) is 1. The van der Waals surface area contributed by atoms with E-state index in [9.17, 15) is 4.79 Å². The van der Waals surface area contributed by atoms with Gasteiger partial charge in [0.25, 0.3) is 0 Å². The van der Waals surface area contributed by atoms with Gasteiger partial charge < -0.3 is 10.2 Å². The summed E-state index contributed by atoms with van der Waals surface area (Å²) in [5.41, 5.74) is 1.45. The van der Waals surface area contributed by atoms with E-state index in [1.54, 1.807) is 0 Å². The molecule has 0 bridgehead atoms. The molecule has 0 radical (unpaired) electrons. The third kappa shape index (κ3) is 2.97. The van der Waals surface area contributed by atoms with Crippen LogP contribution in [0.1, 0.15) is 56.9 Å². The van der Waals surface area contributed by atoms with Crippen molar-refractivity contribution in [1.29, 1.82) is 0 Å². The highest BCUT2D eigenvalue weighted by Crippen LogP contribution is 2.49. The van der Waals surface area contributed by atoms with Crippen molar-refractivity contribution >= 4 is 17.5 Å². The predicted octanol–water partition coefficient (Wildman–Crippen LogP) is 4.14. The Bertz CT molecular complexity index is 619. The zero-order valence-electron chi connectivity index (χ0n) is 14.3. The Morgan fingerprint density at radius 1 is 1.25 bits per heavy atom. The van der Waals surface area contributed by atoms with Crippen molar-refractivity contribution in [2.24, 2.45) is 5.92 Å². The summed E-state index contributed by atoms with van der Waals surface area (Å²) in [7, 11) is 0. The van der Waals surface area contributed by atoms with E-state index in [4.69, 9.17) is 11.6 Å². The number of nitrogens with zero attached hydrogens (tertiary/aromatic N) is 1. The van der Waals surface area contributed by atoms with Gasteiger partial charge >= 0.3 is 0 Å². The number of benzene rings is 1. The van der Waals surface area contributed by atoms with Gasteiger partial charge in [-0.05, 0) is 68.6 Å². The standard InChI is InChI=1S/C20H27ClN2O/c21-17-6-1-4-15(12-17)14-22-18-8-10-20-9-3-11-23(20)19(24)7-2-5-16(20)13-18/h1,4,6,12,16,18,22H,2-3,5,7-11,13-14H2/t16-,18+,20+/m0/s1. The molecular weight excluding hydrogens is 320 g/mol. The highest BCUT2D eigenvalue weighted by Gasteiger charge is 2.52. The van der Waals surface area contributed by atoms with Crippen LogP contribution in [0.4, 0.5) is 0 Å². The highest BCUT2D eigenvalue weighted by molar-refractivity contribution is 6.30. The molecule has 1 saturated carbocycles. The first kappa shape index (κ1) is 16.4. The topological polar surface area (TPSA) is 32.3 Å². The fourth-order valence-corrected chi connectivity index (χ4v) is 5.60. The van der Waals surface area contributed by atoms with Crippen molar-refractivity contribution in [3.05, 3.63) is 34.9 Å². The number of rotatable bonds is 3. The van der Waals surface area contributed by atoms with Gasteiger partial charge in [0.1, 0.15) is 0 Å². The number of carbonyl (C=O) groups excluding carboxylic acids is 1. The summed E-state index contributed by atoms with van der Waals surface area (Å²) < 4.78 is 0. The van der Waals surface area contributed by atoms with Gasteiger partial charge in [-0.2, -0.15) is 0 Å². The zero-order valence-corrected chi connectivity index (χ0v) is 15.0. The van der Waals surface area contributed by atoms with Crippen LogP contribution in [-0.2, 0) is 11.3 Å². The fourth-order valence-electron chi connectivity index (χ4n) is 5.38. The smallest absolute Gasteiger partial charge is 0.223 e. The molecule has 0 aromatic heterocycles. The summed E-state index contributed by atoms with van der Waals surface area (Å²) in [6.07, 6.45) is 9.05. The Labute approximate surface area is 149 Å². The van der Waals surface area contributed by atoms with Crippen molar-refractivity contribution in [3.63, 3.8) is 0 Å². The van der Waals surface area contributed by atoms with Crippen molar-refractivity contribution in [3.8, 4) is 0 Å².